The molecule has 0 saturated heterocycles. The summed E-state index contributed by atoms with van der Waals surface area (Å²) >= 11 is 0. The average Bonchev–Trinajstić information content (AvgIpc) is 2.43. The molecule has 116 valence electrons. The molecule has 0 fully saturated rings. The summed E-state index contributed by atoms with van der Waals surface area (Å²) < 4.78 is 4.77. The van der Waals surface area contributed by atoms with Crippen LogP contribution in [0.2, 0.25) is 0 Å². The number of nitrogens with zero attached hydrogens (tertiary/aromatic N) is 1. The molecule has 6 heteroatoms. The fourth-order valence-corrected chi connectivity index (χ4v) is 1.84. The van der Waals surface area contributed by atoms with Gasteiger partial charge in [0.15, 0.2) is 0 Å². The lowest BCUT2D eigenvalue weighted by molar-refractivity contribution is -0.158. The van der Waals surface area contributed by atoms with Crippen molar-refractivity contribution in [2.45, 2.75) is 32.6 Å². The number of carbonyl (C=O) groups excluding carboxylic acids is 2. The van der Waals surface area contributed by atoms with Crippen molar-refractivity contribution in [2.24, 2.45) is 0 Å². The van der Waals surface area contributed by atoms with Gasteiger partial charge in [-0.2, -0.15) is 0 Å². The second kappa shape index (κ2) is 7.31. The standard InChI is InChI=1S/C15H21NO5/c1-15(2,20)14(19)16(13(18)10-21-3)8-11-6-4-5-7-12(11)9-17/h4-7,17,20H,8-10H2,1-3H3. The Morgan fingerprint density at radius 3 is 2.29 bits per heavy atom. The molecule has 0 atom stereocenters. The predicted molar refractivity (Wildman–Crippen MR) is 76.1 cm³/mol. The molecule has 0 saturated carbocycles. The molecule has 1 aromatic rings. The quantitative estimate of drug-likeness (QED) is 0.796. The molecule has 21 heavy (non-hydrogen) atoms. The highest BCUT2D eigenvalue weighted by molar-refractivity contribution is 5.99. The van der Waals surface area contributed by atoms with Crippen LogP contribution in [-0.2, 0) is 27.5 Å². The fourth-order valence-electron chi connectivity index (χ4n) is 1.84. The number of amides is 2. The summed E-state index contributed by atoms with van der Waals surface area (Å²) in [6.07, 6.45) is 0. The second-order valence-electron chi connectivity index (χ2n) is 5.20. The topological polar surface area (TPSA) is 87.1 Å². The second-order valence-corrected chi connectivity index (χ2v) is 5.20. The summed E-state index contributed by atoms with van der Waals surface area (Å²) in [6, 6.07) is 6.94. The molecule has 2 N–H and O–H groups in total. The van der Waals surface area contributed by atoms with Crippen LogP contribution in [0.25, 0.3) is 0 Å². The molecule has 0 aliphatic carbocycles. The van der Waals surface area contributed by atoms with Gasteiger partial charge in [0, 0.05) is 7.11 Å². The maximum absolute atomic E-state index is 12.2. The fraction of sp³-hybridized carbons (Fsp3) is 0.467. The molecule has 0 bridgehead atoms. The lowest BCUT2D eigenvalue weighted by Gasteiger charge is -2.27. The maximum Gasteiger partial charge on any atom is 0.260 e. The molecule has 1 aromatic carbocycles. The Labute approximate surface area is 124 Å². The van der Waals surface area contributed by atoms with Gasteiger partial charge in [-0.05, 0) is 25.0 Å². The van der Waals surface area contributed by atoms with Crippen LogP contribution in [0, 0.1) is 0 Å². The molecule has 0 aliphatic rings. The van der Waals surface area contributed by atoms with Gasteiger partial charge in [0.1, 0.15) is 12.2 Å². The Balaban J connectivity index is 3.08. The van der Waals surface area contributed by atoms with E-state index in [1.165, 1.54) is 21.0 Å². The molecule has 0 radical (unpaired) electrons. The first kappa shape index (κ1) is 17.3. The average molecular weight is 295 g/mol. The predicted octanol–water partition coefficient (Wildman–Crippen LogP) is 0.451. The summed E-state index contributed by atoms with van der Waals surface area (Å²) in [7, 11) is 1.35. The van der Waals surface area contributed by atoms with Crippen molar-refractivity contribution >= 4 is 11.8 Å². The largest absolute Gasteiger partial charge is 0.392 e. The number of imide groups is 1. The first-order chi connectivity index (χ1) is 9.81. The van der Waals surface area contributed by atoms with Gasteiger partial charge in [0.2, 0.25) is 0 Å². The Morgan fingerprint density at radius 2 is 1.81 bits per heavy atom. The number of carbonyl (C=O) groups is 2. The monoisotopic (exact) mass is 295 g/mol. The number of ether oxygens (including phenoxy) is 1. The van der Waals surface area contributed by atoms with Crippen molar-refractivity contribution in [3.05, 3.63) is 35.4 Å². The van der Waals surface area contributed by atoms with Gasteiger partial charge in [-0.1, -0.05) is 24.3 Å². The molecule has 0 aliphatic heterocycles. The van der Waals surface area contributed by atoms with Gasteiger partial charge in [0.25, 0.3) is 11.8 Å². The van der Waals surface area contributed by atoms with Crippen LogP contribution >= 0.6 is 0 Å². The zero-order valence-corrected chi connectivity index (χ0v) is 12.5. The van der Waals surface area contributed by atoms with Crippen LogP contribution in [0.3, 0.4) is 0 Å². The van der Waals surface area contributed by atoms with E-state index in [9.17, 15) is 19.8 Å². The van der Waals surface area contributed by atoms with E-state index in [-0.39, 0.29) is 19.8 Å². The third-order valence-corrected chi connectivity index (χ3v) is 2.95. The van der Waals surface area contributed by atoms with Crippen molar-refractivity contribution in [1.82, 2.24) is 4.90 Å². The van der Waals surface area contributed by atoms with Crippen molar-refractivity contribution in [3.8, 4) is 0 Å². The zero-order chi connectivity index (χ0) is 16.0. The summed E-state index contributed by atoms with van der Waals surface area (Å²) in [5, 5.41) is 19.2. The summed E-state index contributed by atoms with van der Waals surface area (Å²) in [5.41, 5.74) is -0.407. The highest BCUT2D eigenvalue weighted by Crippen LogP contribution is 2.16. The Kier molecular flexibility index (Phi) is 6.02. The van der Waals surface area contributed by atoms with Gasteiger partial charge in [-0.3, -0.25) is 14.5 Å². The number of rotatable bonds is 6. The summed E-state index contributed by atoms with van der Waals surface area (Å²) in [4.78, 5) is 25.2. The molecule has 0 aromatic heterocycles. The van der Waals surface area contributed by atoms with Crippen LogP contribution in [0.5, 0.6) is 0 Å². The van der Waals surface area contributed by atoms with Gasteiger partial charge in [0.05, 0.1) is 13.2 Å². The first-order valence-corrected chi connectivity index (χ1v) is 6.55. The zero-order valence-electron chi connectivity index (χ0n) is 12.5. The maximum atomic E-state index is 12.2. The van der Waals surface area contributed by atoms with Gasteiger partial charge in [-0.15, -0.1) is 0 Å². The van der Waals surface area contributed by atoms with Crippen molar-refractivity contribution in [1.29, 1.82) is 0 Å². The molecule has 0 spiro atoms. The van der Waals surface area contributed by atoms with E-state index in [0.717, 1.165) is 4.90 Å². The van der Waals surface area contributed by atoms with E-state index in [1.807, 2.05) is 0 Å². The van der Waals surface area contributed by atoms with E-state index < -0.39 is 17.4 Å². The van der Waals surface area contributed by atoms with E-state index in [1.54, 1.807) is 24.3 Å². The SMILES string of the molecule is COCC(=O)N(Cc1ccccc1CO)C(=O)C(C)(C)O. The Hall–Kier alpha value is -1.76. The summed E-state index contributed by atoms with van der Waals surface area (Å²) in [5.74, 6) is -1.25. The molecule has 2 amide bonds. The van der Waals surface area contributed by atoms with Gasteiger partial charge < -0.3 is 14.9 Å². The Bertz CT molecular complexity index is 507. The van der Waals surface area contributed by atoms with Crippen LogP contribution in [-0.4, -0.2) is 46.2 Å². The van der Waals surface area contributed by atoms with E-state index in [2.05, 4.69) is 0 Å². The lowest BCUT2D eigenvalue weighted by Crippen LogP contribution is -2.48. The number of aliphatic hydroxyl groups is 2. The molecule has 0 unspecified atom stereocenters. The Morgan fingerprint density at radius 1 is 1.24 bits per heavy atom. The molecule has 6 nitrogen and oxygen atoms in total. The number of hydrogen-bond donors (Lipinski definition) is 2. The van der Waals surface area contributed by atoms with E-state index in [4.69, 9.17) is 4.74 Å². The minimum Gasteiger partial charge on any atom is -0.392 e. The van der Waals surface area contributed by atoms with Crippen molar-refractivity contribution < 1.29 is 24.5 Å². The van der Waals surface area contributed by atoms with Crippen LogP contribution in [0.15, 0.2) is 24.3 Å². The number of methoxy groups -OCH3 is 1. The minimum absolute atomic E-state index is 0.0260. The third kappa shape index (κ3) is 4.63. The number of benzene rings is 1. The smallest absolute Gasteiger partial charge is 0.260 e. The third-order valence-electron chi connectivity index (χ3n) is 2.95. The van der Waals surface area contributed by atoms with Gasteiger partial charge in [-0.25, -0.2) is 0 Å². The highest BCUT2D eigenvalue weighted by atomic mass is 16.5. The minimum atomic E-state index is -1.67. The van der Waals surface area contributed by atoms with Crippen LogP contribution in [0.4, 0.5) is 0 Å². The molecular weight excluding hydrogens is 274 g/mol. The molecule has 0 heterocycles. The van der Waals surface area contributed by atoms with Crippen LogP contribution < -0.4 is 0 Å². The van der Waals surface area contributed by atoms with Crippen molar-refractivity contribution in [3.63, 3.8) is 0 Å². The molecular formula is C15H21NO5. The summed E-state index contributed by atoms with van der Waals surface area (Å²) in [6.45, 7) is 2.16. The molecule has 1 rings (SSSR count). The highest BCUT2D eigenvalue weighted by Gasteiger charge is 2.33. The van der Waals surface area contributed by atoms with E-state index in [0.29, 0.717) is 11.1 Å². The van der Waals surface area contributed by atoms with Crippen LogP contribution in [0.1, 0.15) is 25.0 Å². The number of hydrogen-bond acceptors (Lipinski definition) is 5. The first-order valence-electron chi connectivity index (χ1n) is 6.55. The van der Waals surface area contributed by atoms with Crippen molar-refractivity contribution in [2.75, 3.05) is 13.7 Å². The number of aliphatic hydroxyl groups excluding tert-OH is 1. The normalized spacial score (nSPS) is 11.3. The lowest BCUT2D eigenvalue weighted by atomic mass is 10.0. The van der Waals surface area contributed by atoms with E-state index >= 15 is 0 Å². The van der Waals surface area contributed by atoms with Gasteiger partial charge >= 0.3 is 0 Å².